The fourth-order valence-corrected chi connectivity index (χ4v) is 6.82. The zero-order valence-corrected chi connectivity index (χ0v) is 20.9. The summed E-state index contributed by atoms with van der Waals surface area (Å²) in [7, 11) is 3.18. The van der Waals surface area contributed by atoms with Crippen molar-refractivity contribution >= 4 is 73.3 Å². The number of nitrogen functional groups attached to an aromatic ring is 1. The molecule has 0 saturated carbocycles. The van der Waals surface area contributed by atoms with E-state index in [0.29, 0.717) is 11.3 Å². The summed E-state index contributed by atoms with van der Waals surface area (Å²) in [5.41, 5.74) is 6.13. The lowest BCUT2D eigenvalue weighted by Crippen LogP contribution is -2.71. The van der Waals surface area contributed by atoms with E-state index >= 15 is 0 Å². The lowest BCUT2D eigenvalue weighted by Gasteiger charge is -2.50. The van der Waals surface area contributed by atoms with Gasteiger partial charge in [0, 0.05) is 16.7 Å². The van der Waals surface area contributed by atoms with Crippen LogP contribution in [0, 0.1) is 0 Å². The standard InChI is InChI=1S/C20H19N7O5S3/c1-25-17-9(3-4-33-17)5-26(25)6-10-7-34-18-13(16(29)27(18)14(10)19(30)31)23-15(28)12(24-32-2)11-8-35-20(21)22-11/h3-5,8,13,18H,6-7H2,1-2H3,(H3-,21,22,23,28,30,31)/b24-12-/t13-,18-/m1/s1. The number of hydrogen-bond acceptors (Lipinski definition) is 11. The van der Waals surface area contributed by atoms with Gasteiger partial charge >= 0.3 is 0 Å². The molecule has 5 rings (SSSR count). The largest absolute Gasteiger partial charge is 0.543 e. The van der Waals surface area contributed by atoms with E-state index < -0.39 is 29.2 Å². The molecule has 0 bridgehead atoms. The summed E-state index contributed by atoms with van der Waals surface area (Å²) in [6, 6.07) is 1.05. The Kier molecular flexibility index (Phi) is 5.98. The molecule has 0 spiro atoms. The van der Waals surface area contributed by atoms with Gasteiger partial charge in [0.25, 0.3) is 11.8 Å². The fourth-order valence-electron chi connectivity index (χ4n) is 4.08. The van der Waals surface area contributed by atoms with Crippen LogP contribution in [-0.2, 0) is 32.8 Å². The second-order valence-electron chi connectivity index (χ2n) is 7.73. The number of rotatable bonds is 7. The van der Waals surface area contributed by atoms with E-state index in [4.69, 9.17) is 10.6 Å². The molecule has 0 aliphatic carbocycles. The Bertz CT molecular complexity index is 1420. The lowest BCUT2D eigenvalue weighted by molar-refractivity contribution is -0.764. The van der Waals surface area contributed by atoms with Crippen molar-refractivity contribution in [3.05, 3.63) is 40.0 Å². The van der Waals surface area contributed by atoms with Crippen LogP contribution in [0.5, 0.6) is 0 Å². The highest BCUT2D eigenvalue weighted by atomic mass is 32.2. The van der Waals surface area contributed by atoms with Gasteiger partial charge in [-0.05, 0) is 11.4 Å². The fraction of sp³-hybridized carbons (Fsp3) is 0.300. The smallest absolute Gasteiger partial charge is 0.276 e. The van der Waals surface area contributed by atoms with E-state index in [0.717, 1.165) is 21.6 Å². The maximum absolute atomic E-state index is 13.0. The van der Waals surface area contributed by atoms with Crippen molar-refractivity contribution in [2.24, 2.45) is 12.2 Å². The van der Waals surface area contributed by atoms with Gasteiger partial charge in [0.05, 0.1) is 24.1 Å². The number of aliphatic carboxylic acids is 1. The molecule has 2 amide bonds. The highest BCUT2D eigenvalue weighted by Crippen LogP contribution is 2.40. The number of thiazole rings is 1. The summed E-state index contributed by atoms with van der Waals surface area (Å²) in [4.78, 5) is 49.0. The Morgan fingerprint density at radius 2 is 2.23 bits per heavy atom. The summed E-state index contributed by atoms with van der Waals surface area (Å²) < 4.78 is 3.84. The highest BCUT2D eigenvalue weighted by molar-refractivity contribution is 8.00. The van der Waals surface area contributed by atoms with Crippen molar-refractivity contribution in [3.63, 3.8) is 0 Å². The van der Waals surface area contributed by atoms with Crippen LogP contribution in [0.1, 0.15) is 5.69 Å². The van der Waals surface area contributed by atoms with Crippen LogP contribution in [0.3, 0.4) is 0 Å². The molecule has 0 aromatic carbocycles. The number of nitrogens with one attached hydrogen (secondary N) is 1. The SMILES string of the molecule is CO/N=C(\C(=O)N[C@@H]1C(=O)N2C(C(=O)[O-])=C(C[n+]3cc4ccsc4n3C)CS[C@H]12)c1csc(N)n1. The number of anilines is 1. The quantitative estimate of drug-likeness (QED) is 0.170. The van der Waals surface area contributed by atoms with Crippen molar-refractivity contribution < 1.29 is 29.0 Å². The van der Waals surface area contributed by atoms with E-state index in [1.54, 1.807) is 16.7 Å². The van der Waals surface area contributed by atoms with Crippen molar-refractivity contribution in [2.75, 3.05) is 18.6 Å². The van der Waals surface area contributed by atoms with E-state index in [1.165, 1.54) is 23.8 Å². The summed E-state index contributed by atoms with van der Waals surface area (Å²) in [6.45, 7) is 0.289. The summed E-state index contributed by atoms with van der Waals surface area (Å²) in [6.07, 6.45) is 1.94. The minimum absolute atomic E-state index is 0.135. The van der Waals surface area contributed by atoms with Gasteiger partial charge in [-0.15, -0.1) is 43.8 Å². The number of carboxylic acid groups (broad SMARTS) is 1. The van der Waals surface area contributed by atoms with Gasteiger partial charge in [-0.25, -0.2) is 4.98 Å². The number of hydrogen-bond donors (Lipinski definition) is 2. The number of nitrogens with zero attached hydrogens (tertiary/aromatic N) is 5. The Balaban J connectivity index is 1.37. The van der Waals surface area contributed by atoms with Crippen LogP contribution in [0.4, 0.5) is 5.13 Å². The normalized spacial score (nSPS) is 20.1. The number of fused-ring (bicyclic) bond motifs is 2. The number of aryl methyl sites for hydroxylation is 1. The third kappa shape index (κ3) is 3.94. The van der Waals surface area contributed by atoms with Crippen LogP contribution in [-0.4, -0.2) is 62.3 Å². The second kappa shape index (κ2) is 8.98. The molecule has 35 heavy (non-hydrogen) atoms. The Morgan fingerprint density at radius 3 is 2.89 bits per heavy atom. The predicted octanol–water partition coefficient (Wildman–Crippen LogP) is -0.979. The Morgan fingerprint density at radius 1 is 1.43 bits per heavy atom. The monoisotopic (exact) mass is 533 g/mol. The molecule has 182 valence electrons. The molecule has 15 heteroatoms. The zero-order valence-electron chi connectivity index (χ0n) is 18.5. The number of thiophene rings is 1. The van der Waals surface area contributed by atoms with E-state index in [-0.39, 0.29) is 28.8 Å². The summed E-state index contributed by atoms with van der Waals surface area (Å²) >= 11 is 4.09. The Labute approximate surface area is 210 Å². The van der Waals surface area contributed by atoms with Crippen molar-refractivity contribution in [1.82, 2.24) is 19.9 Å². The molecule has 3 aromatic rings. The molecule has 3 N–H and O–H groups in total. The molecule has 2 aliphatic rings. The number of β-lactam (4-membered cyclic amide) rings is 1. The van der Waals surface area contributed by atoms with Crippen LogP contribution >= 0.6 is 34.4 Å². The molecular weight excluding hydrogens is 514 g/mol. The number of carbonyl (C=O) groups excluding carboxylic acids is 3. The molecule has 3 aromatic heterocycles. The number of carbonyl (C=O) groups is 3. The number of thioether (sulfide) groups is 1. The first-order valence-electron chi connectivity index (χ1n) is 10.2. The first-order chi connectivity index (χ1) is 16.8. The topological polar surface area (TPSA) is 159 Å². The van der Waals surface area contributed by atoms with Crippen LogP contribution in [0.25, 0.3) is 10.2 Å². The Hall–Kier alpha value is -3.43. The van der Waals surface area contributed by atoms with Gasteiger partial charge in [-0.2, -0.15) is 0 Å². The average Bonchev–Trinajstić information content (AvgIpc) is 3.54. The number of aromatic nitrogens is 3. The number of oxime groups is 1. The molecule has 2 atom stereocenters. The average molecular weight is 534 g/mol. The summed E-state index contributed by atoms with van der Waals surface area (Å²) in [5.74, 6) is -2.29. The predicted molar refractivity (Wildman–Crippen MR) is 128 cm³/mol. The van der Waals surface area contributed by atoms with Gasteiger partial charge in [-0.3, -0.25) is 14.5 Å². The van der Waals surface area contributed by atoms with Crippen molar-refractivity contribution in [3.8, 4) is 0 Å². The van der Waals surface area contributed by atoms with Gasteiger partial charge in [0.1, 0.15) is 24.2 Å². The molecule has 12 nitrogen and oxygen atoms in total. The van der Waals surface area contributed by atoms with Gasteiger partial charge in [0.15, 0.2) is 22.2 Å². The van der Waals surface area contributed by atoms with Crippen molar-refractivity contribution in [1.29, 1.82) is 0 Å². The van der Waals surface area contributed by atoms with E-state index in [1.807, 2.05) is 34.1 Å². The first-order valence-corrected chi connectivity index (χ1v) is 13.0. The molecule has 5 heterocycles. The van der Waals surface area contributed by atoms with E-state index in [9.17, 15) is 19.5 Å². The van der Waals surface area contributed by atoms with Gasteiger partial charge in [0.2, 0.25) is 6.20 Å². The van der Waals surface area contributed by atoms with Crippen LogP contribution < -0.4 is 20.8 Å². The van der Waals surface area contributed by atoms with Gasteiger partial charge in [-0.1, -0.05) is 5.16 Å². The van der Waals surface area contributed by atoms with Crippen LogP contribution in [0.15, 0.2) is 39.4 Å². The third-order valence-electron chi connectivity index (χ3n) is 5.68. The lowest BCUT2D eigenvalue weighted by atomic mass is 10.0. The molecule has 1 fully saturated rings. The summed E-state index contributed by atoms with van der Waals surface area (Å²) in [5, 5.41) is 22.7. The van der Waals surface area contributed by atoms with Gasteiger partial charge < -0.3 is 25.8 Å². The molecular formula is C20H19N7O5S3. The van der Waals surface area contributed by atoms with E-state index in [2.05, 4.69) is 15.5 Å². The molecule has 1 saturated heterocycles. The molecule has 2 aliphatic heterocycles. The third-order valence-corrected chi connectivity index (χ3v) is 8.69. The highest BCUT2D eigenvalue weighted by Gasteiger charge is 2.53. The minimum Gasteiger partial charge on any atom is -0.543 e. The number of nitrogens with two attached hydrogens (primary N) is 1. The second-order valence-corrected chi connectivity index (χ2v) is 10.6. The maximum atomic E-state index is 13.0. The first kappa shape index (κ1) is 23.3. The minimum atomic E-state index is -1.43. The van der Waals surface area contributed by atoms with Crippen LogP contribution in [0.2, 0.25) is 0 Å². The van der Waals surface area contributed by atoms with Crippen molar-refractivity contribution in [2.45, 2.75) is 18.0 Å². The zero-order chi connectivity index (χ0) is 24.9. The molecule has 0 unspecified atom stereocenters. The molecule has 0 radical (unpaired) electrons. The number of carboxylic acids is 1. The number of amides is 2. The maximum Gasteiger partial charge on any atom is 0.276 e.